The number of halogens is 1. The number of carbonyl (C=O) groups is 2. The first-order valence-corrected chi connectivity index (χ1v) is 11.4. The molecule has 2 amide bonds. The molecule has 0 spiro atoms. The highest BCUT2D eigenvalue weighted by atomic mass is 79.9. The van der Waals surface area contributed by atoms with Crippen LogP contribution >= 0.6 is 15.9 Å². The first kappa shape index (κ1) is 22.3. The molecule has 1 heterocycles. The first-order valence-electron chi connectivity index (χ1n) is 9.13. The van der Waals surface area contributed by atoms with Crippen LogP contribution in [0, 0.1) is 13.8 Å². The number of carbonyl (C=O) groups excluding carboxylic acids is 2. The molecule has 0 aromatic heterocycles. The number of hydrogen-bond donors (Lipinski definition) is 2. The van der Waals surface area contributed by atoms with Crippen molar-refractivity contribution in [2.45, 2.75) is 31.8 Å². The number of nitrogens with zero attached hydrogens (tertiary/aromatic N) is 1. The molecule has 8 nitrogen and oxygen atoms in total. The normalized spacial score (nSPS) is 15.9. The molecule has 0 bridgehead atoms. The number of sulfonamides is 1. The van der Waals surface area contributed by atoms with E-state index in [1.807, 2.05) is 13.0 Å². The zero-order chi connectivity index (χ0) is 22.2. The summed E-state index contributed by atoms with van der Waals surface area (Å²) < 4.78 is 33.5. The van der Waals surface area contributed by atoms with Gasteiger partial charge in [-0.2, -0.15) is 4.31 Å². The van der Waals surface area contributed by atoms with Crippen LogP contribution in [0.3, 0.4) is 0 Å². The number of hydrogen-bond acceptors (Lipinski definition) is 5. The number of amides is 2. The predicted molar refractivity (Wildman–Crippen MR) is 117 cm³/mol. The largest absolute Gasteiger partial charge is 0.479 e. The SMILES string of the molecule is Cc1cc(NC(=O)CN(C)S(=O)(=O)c2cc3c(cc2C)NC(=O)[C@H](C)O3)ccc1Br. The van der Waals surface area contributed by atoms with Crippen LogP contribution in [-0.4, -0.2) is 44.2 Å². The van der Waals surface area contributed by atoms with E-state index in [1.165, 1.54) is 13.1 Å². The Kier molecular flexibility index (Phi) is 6.21. The molecule has 0 aliphatic carbocycles. The van der Waals surface area contributed by atoms with Crippen LogP contribution < -0.4 is 15.4 Å². The molecule has 0 fully saturated rings. The van der Waals surface area contributed by atoms with Crippen LogP contribution in [-0.2, 0) is 19.6 Å². The summed E-state index contributed by atoms with van der Waals surface area (Å²) in [7, 11) is -2.62. The van der Waals surface area contributed by atoms with Crippen molar-refractivity contribution in [2.75, 3.05) is 24.2 Å². The van der Waals surface area contributed by atoms with Crippen LogP contribution in [0.5, 0.6) is 5.75 Å². The summed E-state index contributed by atoms with van der Waals surface area (Å²) in [5.74, 6) is -0.487. The van der Waals surface area contributed by atoms with Gasteiger partial charge in [0, 0.05) is 23.3 Å². The molecule has 0 saturated heterocycles. The number of likely N-dealkylation sites (N-methyl/N-ethyl adjacent to an activating group) is 1. The van der Waals surface area contributed by atoms with Crippen molar-refractivity contribution in [2.24, 2.45) is 0 Å². The quantitative estimate of drug-likeness (QED) is 0.662. The minimum absolute atomic E-state index is 0.0133. The average molecular weight is 496 g/mol. The molecule has 1 aliphatic heterocycles. The lowest BCUT2D eigenvalue weighted by Gasteiger charge is -2.25. The van der Waals surface area contributed by atoms with Crippen LogP contribution in [0.1, 0.15) is 18.1 Å². The van der Waals surface area contributed by atoms with Gasteiger partial charge in [0.1, 0.15) is 5.75 Å². The van der Waals surface area contributed by atoms with Gasteiger partial charge in [0.25, 0.3) is 5.91 Å². The standard InChI is InChI=1S/C20H22BrN3O5S/c1-11-7-14(5-6-15(11)21)22-19(25)10-24(4)30(27,28)18-9-17-16(8-12(18)2)23-20(26)13(3)29-17/h5-9,13H,10H2,1-4H3,(H,22,25)(H,23,26)/t13-/m0/s1. The average Bonchev–Trinajstić information content (AvgIpc) is 2.65. The van der Waals surface area contributed by atoms with Crippen LogP contribution in [0.25, 0.3) is 0 Å². The van der Waals surface area contributed by atoms with Gasteiger partial charge in [-0.15, -0.1) is 0 Å². The lowest BCUT2D eigenvalue weighted by molar-refractivity contribution is -0.122. The van der Waals surface area contributed by atoms with Crippen molar-refractivity contribution in [1.82, 2.24) is 4.31 Å². The fourth-order valence-corrected chi connectivity index (χ4v) is 4.59. The lowest BCUT2D eigenvalue weighted by Crippen LogP contribution is -2.36. The molecule has 2 aromatic rings. The van der Waals surface area contributed by atoms with Gasteiger partial charge in [0.05, 0.1) is 17.1 Å². The van der Waals surface area contributed by atoms with Crippen molar-refractivity contribution in [3.05, 3.63) is 45.9 Å². The highest BCUT2D eigenvalue weighted by Crippen LogP contribution is 2.35. The molecular weight excluding hydrogens is 474 g/mol. The first-order chi connectivity index (χ1) is 14.0. The highest BCUT2D eigenvalue weighted by molar-refractivity contribution is 9.10. The monoisotopic (exact) mass is 495 g/mol. The van der Waals surface area contributed by atoms with Crippen LogP contribution in [0.4, 0.5) is 11.4 Å². The molecule has 0 saturated carbocycles. The third-order valence-electron chi connectivity index (χ3n) is 4.70. The minimum atomic E-state index is -3.96. The minimum Gasteiger partial charge on any atom is -0.479 e. The molecule has 1 aliphatic rings. The fraction of sp³-hybridized carbons (Fsp3) is 0.300. The molecular formula is C20H22BrN3O5S. The molecule has 160 valence electrons. The van der Waals surface area contributed by atoms with Crippen LogP contribution in [0.2, 0.25) is 0 Å². The Labute approximate surface area is 183 Å². The summed E-state index contributed by atoms with van der Waals surface area (Å²) in [4.78, 5) is 24.2. The van der Waals surface area contributed by atoms with Gasteiger partial charge in [-0.1, -0.05) is 15.9 Å². The van der Waals surface area contributed by atoms with E-state index in [0.29, 0.717) is 16.9 Å². The fourth-order valence-electron chi connectivity index (χ4n) is 3.00. The predicted octanol–water partition coefficient (Wildman–Crippen LogP) is 3.04. The zero-order valence-electron chi connectivity index (χ0n) is 16.9. The Hall–Kier alpha value is -2.43. The van der Waals surface area contributed by atoms with E-state index in [-0.39, 0.29) is 23.1 Å². The number of benzene rings is 2. The Bertz CT molecular complexity index is 1130. The van der Waals surface area contributed by atoms with Gasteiger partial charge in [0.2, 0.25) is 15.9 Å². The van der Waals surface area contributed by atoms with Gasteiger partial charge in [-0.3, -0.25) is 9.59 Å². The topological polar surface area (TPSA) is 105 Å². The Morgan fingerprint density at radius 2 is 1.93 bits per heavy atom. The third kappa shape index (κ3) is 4.50. The second-order valence-electron chi connectivity index (χ2n) is 7.14. The molecule has 0 radical (unpaired) electrons. The van der Waals surface area contributed by atoms with Crippen molar-refractivity contribution >= 4 is 49.1 Å². The molecule has 30 heavy (non-hydrogen) atoms. The van der Waals surface area contributed by atoms with Gasteiger partial charge >= 0.3 is 0 Å². The summed E-state index contributed by atoms with van der Waals surface area (Å²) in [6.45, 7) is 4.73. The highest BCUT2D eigenvalue weighted by Gasteiger charge is 2.30. The molecule has 1 atom stereocenters. The molecule has 0 unspecified atom stereocenters. The van der Waals surface area contributed by atoms with Gasteiger partial charge in [-0.05, 0) is 56.2 Å². The number of nitrogens with one attached hydrogen (secondary N) is 2. The van der Waals surface area contributed by atoms with E-state index in [9.17, 15) is 18.0 Å². The van der Waals surface area contributed by atoms with E-state index in [2.05, 4.69) is 26.6 Å². The Balaban J connectivity index is 1.79. The van der Waals surface area contributed by atoms with Crippen molar-refractivity contribution in [3.8, 4) is 5.75 Å². The molecule has 2 N–H and O–H groups in total. The summed E-state index contributed by atoms with van der Waals surface area (Å²) in [6.07, 6.45) is -0.728. The summed E-state index contributed by atoms with van der Waals surface area (Å²) >= 11 is 3.39. The number of fused-ring (bicyclic) bond motifs is 1. The van der Waals surface area contributed by atoms with Gasteiger partial charge in [-0.25, -0.2) is 8.42 Å². The Morgan fingerprint density at radius 3 is 2.60 bits per heavy atom. The number of anilines is 2. The maximum absolute atomic E-state index is 13.1. The summed E-state index contributed by atoms with van der Waals surface area (Å²) in [5, 5.41) is 5.39. The van der Waals surface area contributed by atoms with E-state index in [4.69, 9.17) is 4.74 Å². The second-order valence-corrected chi connectivity index (χ2v) is 10.0. The van der Waals surface area contributed by atoms with Crippen molar-refractivity contribution in [1.29, 1.82) is 0 Å². The smallest absolute Gasteiger partial charge is 0.265 e. The van der Waals surface area contributed by atoms with Crippen molar-refractivity contribution < 1.29 is 22.7 Å². The van der Waals surface area contributed by atoms with E-state index in [0.717, 1.165) is 14.3 Å². The number of rotatable bonds is 5. The number of aryl methyl sites for hydroxylation is 2. The van der Waals surface area contributed by atoms with E-state index in [1.54, 1.807) is 32.0 Å². The molecule has 2 aromatic carbocycles. The third-order valence-corrected chi connectivity index (χ3v) is 7.54. The second kappa shape index (κ2) is 8.37. The summed E-state index contributed by atoms with van der Waals surface area (Å²) in [5.41, 5.74) is 2.37. The van der Waals surface area contributed by atoms with E-state index < -0.39 is 22.0 Å². The van der Waals surface area contributed by atoms with Crippen LogP contribution in [0.15, 0.2) is 39.7 Å². The zero-order valence-corrected chi connectivity index (χ0v) is 19.3. The summed E-state index contributed by atoms with van der Waals surface area (Å²) in [6, 6.07) is 8.25. The lowest BCUT2D eigenvalue weighted by atomic mass is 10.1. The van der Waals surface area contributed by atoms with Crippen molar-refractivity contribution in [3.63, 3.8) is 0 Å². The molecule has 10 heteroatoms. The van der Waals surface area contributed by atoms with Gasteiger partial charge in [0.15, 0.2) is 6.10 Å². The maximum Gasteiger partial charge on any atom is 0.265 e. The Morgan fingerprint density at radius 1 is 1.23 bits per heavy atom. The van der Waals surface area contributed by atoms with E-state index >= 15 is 0 Å². The van der Waals surface area contributed by atoms with Gasteiger partial charge < -0.3 is 15.4 Å². The molecule has 3 rings (SSSR count). The number of ether oxygens (including phenoxy) is 1. The maximum atomic E-state index is 13.1.